The van der Waals surface area contributed by atoms with Gasteiger partial charge in [-0.3, -0.25) is 9.59 Å². The van der Waals surface area contributed by atoms with E-state index in [0.29, 0.717) is 31.0 Å². The Hall–Kier alpha value is -3.29. The number of halogens is 1. The molecule has 1 fully saturated rings. The Balaban J connectivity index is 1.79. The van der Waals surface area contributed by atoms with Gasteiger partial charge < -0.3 is 9.80 Å². The van der Waals surface area contributed by atoms with Gasteiger partial charge in [-0.2, -0.15) is 5.10 Å². The average Bonchev–Trinajstić information content (AvgIpc) is 3.18. The van der Waals surface area contributed by atoms with Gasteiger partial charge in [-0.1, -0.05) is 20.8 Å². The van der Waals surface area contributed by atoms with E-state index in [0.717, 1.165) is 11.1 Å². The number of nitrogens with zero attached hydrogens (tertiary/aromatic N) is 5. The predicted molar refractivity (Wildman–Crippen MR) is 124 cm³/mol. The molecule has 33 heavy (non-hydrogen) atoms. The summed E-state index contributed by atoms with van der Waals surface area (Å²) < 4.78 is 15.0. The quantitative estimate of drug-likeness (QED) is 0.605. The first-order valence-corrected chi connectivity index (χ1v) is 11.2. The summed E-state index contributed by atoms with van der Waals surface area (Å²) in [5.41, 5.74) is 1.96. The van der Waals surface area contributed by atoms with Gasteiger partial charge in [-0.05, 0) is 56.5 Å². The molecule has 0 atom stereocenters. The molecule has 0 aliphatic carbocycles. The highest BCUT2D eigenvalue weighted by Crippen LogP contribution is 2.31. The van der Waals surface area contributed by atoms with Crippen molar-refractivity contribution in [1.82, 2.24) is 24.4 Å². The fraction of sp³-hybridized carbons (Fsp3) is 0.440. The number of aromatic nitrogens is 3. The largest absolute Gasteiger partial charge is 0.339 e. The Bertz CT molecular complexity index is 1220. The van der Waals surface area contributed by atoms with Crippen molar-refractivity contribution in [2.75, 3.05) is 19.6 Å². The highest BCUT2D eigenvalue weighted by Gasteiger charge is 2.44. The topological polar surface area (TPSA) is 70.8 Å². The molecule has 2 amide bonds. The number of likely N-dealkylation sites (N-methyl/N-ethyl adjacent to an activating group) is 1. The minimum atomic E-state index is -0.958. The zero-order valence-corrected chi connectivity index (χ0v) is 20.0. The van der Waals surface area contributed by atoms with Gasteiger partial charge in [0.15, 0.2) is 5.65 Å². The molecule has 7 nitrogen and oxygen atoms in total. The van der Waals surface area contributed by atoms with E-state index in [1.54, 1.807) is 46.5 Å². The summed E-state index contributed by atoms with van der Waals surface area (Å²) in [5.74, 6) is -0.676. The zero-order valence-electron chi connectivity index (χ0n) is 20.0. The van der Waals surface area contributed by atoms with Gasteiger partial charge >= 0.3 is 0 Å². The van der Waals surface area contributed by atoms with Crippen molar-refractivity contribution in [2.45, 2.75) is 52.5 Å². The summed E-state index contributed by atoms with van der Waals surface area (Å²) in [5, 5.41) is 4.66. The van der Waals surface area contributed by atoms with Crippen LogP contribution in [0, 0.1) is 5.82 Å². The third kappa shape index (κ3) is 3.98. The standard InChI is InChI=1S/C25H30FN5O2/c1-7-29-12-13-30(25(5,6)23(29)33)22(32)20-15-31-21(27-20)18(24(2,3)4)14-19(28-31)16-8-10-17(26)11-9-16/h8-11,14-15H,7,12-13H2,1-6H3. The number of amides is 2. The fourth-order valence-corrected chi connectivity index (χ4v) is 4.29. The number of rotatable bonds is 3. The fourth-order valence-electron chi connectivity index (χ4n) is 4.29. The summed E-state index contributed by atoms with van der Waals surface area (Å²) in [6.45, 7) is 13.2. The van der Waals surface area contributed by atoms with Crippen LogP contribution in [0.25, 0.3) is 16.9 Å². The molecule has 1 aliphatic heterocycles. The van der Waals surface area contributed by atoms with Gasteiger partial charge in [-0.25, -0.2) is 13.9 Å². The molecule has 4 rings (SSSR count). The summed E-state index contributed by atoms with van der Waals surface area (Å²) in [6.07, 6.45) is 1.62. The number of imidazole rings is 1. The summed E-state index contributed by atoms with van der Waals surface area (Å²) in [7, 11) is 0. The Labute approximate surface area is 193 Å². The van der Waals surface area contributed by atoms with Crippen LogP contribution in [0.15, 0.2) is 36.5 Å². The van der Waals surface area contributed by atoms with Gasteiger partial charge in [-0.15, -0.1) is 0 Å². The Morgan fingerprint density at radius 3 is 2.42 bits per heavy atom. The molecule has 0 unspecified atom stereocenters. The molecule has 0 saturated carbocycles. The number of piperazine rings is 1. The molecule has 8 heteroatoms. The predicted octanol–water partition coefficient (Wildman–Crippen LogP) is 3.92. The molecule has 0 bridgehead atoms. The Kier molecular flexibility index (Phi) is 5.50. The number of fused-ring (bicyclic) bond motifs is 1. The molecule has 1 saturated heterocycles. The average molecular weight is 452 g/mol. The molecule has 3 aromatic rings. The van der Waals surface area contributed by atoms with Crippen molar-refractivity contribution in [1.29, 1.82) is 0 Å². The SMILES string of the molecule is CCN1CCN(C(=O)c2cn3nc(-c4ccc(F)cc4)cc(C(C)(C)C)c3n2)C(C)(C)C1=O. The Morgan fingerprint density at radius 1 is 1.15 bits per heavy atom. The van der Waals surface area contributed by atoms with Crippen LogP contribution in [0.5, 0.6) is 0 Å². The molecule has 0 spiro atoms. The monoisotopic (exact) mass is 451 g/mol. The van der Waals surface area contributed by atoms with Crippen molar-refractivity contribution in [2.24, 2.45) is 0 Å². The van der Waals surface area contributed by atoms with Crippen molar-refractivity contribution in [3.05, 3.63) is 53.6 Å². The second-order valence-corrected chi connectivity index (χ2v) is 10.00. The van der Waals surface area contributed by atoms with E-state index >= 15 is 0 Å². The molecule has 1 aliphatic rings. The van der Waals surface area contributed by atoms with Gasteiger partial charge in [0, 0.05) is 30.8 Å². The molecular formula is C25H30FN5O2. The summed E-state index contributed by atoms with van der Waals surface area (Å²) in [6, 6.07) is 8.10. The minimum absolute atomic E-state index is 0.0690. The van der Waals surface area contributed by atoms with Gasteiger partial charge in [0.2, 0.25) is 5.91 Å². The Morgan fingerprint density at radius 2 is 1.82 bits per heavy atom. The lowest BCUT2D eigenvalue weighted by atomic mass is 9.87. The maximum atomic E-state index is 13.5. The molecule has 3 heterocycles. The molecule has 2 aromatic heterocycles. The molecule has 174 valence electrons. The van der Waals surface area contributed by atoms with Crippen LogP contribution in [-0.2, 0) is 10.2 Å². The van der Waals surface area contributed by atoms with Crippen molar-refractivity contribution in [3.63, 3.8) is 0 Å². The second kappa shape index (κ2) is 7.93. The van der Waals surface area contributed by atoms with Crippen LogP contribution in [-0.4, -0.2) is 61.4 Å². The van der Waals surface area contributed by atoms with E-state index in [2.05, 4.69) is 30.9 Å². The van der Waals surface area contributed by atoms with Crippen molar-refractivity contribution < 1.29 is 14.0 Å². The van der Waals surface area contributed by atoms with E-state index in [-0.39, 0.29) is 28.7 Å². The smallest absolute Gasteiger partial charge is 0.275 e. The molecular weight excluding hydrogens is 421 g/mol. The number of hydrogen-bond acceptors (Lipinski definition) is 4. The third-order valence-corrected chi connectivity index (χ3v) is 6.30. The highest BCUT2D eigenvalue weighted by molar-refractivity contribution is 5.99. The van der Waals surface area contributed by atoms with Crippen molar-refractivity contribution >= 4 is 17.5 Å². The van der Waals surface area contributed by atoms with E-state index in [1.165, 1.54) is 12.1 Å². The lowest BCUT2D eigenvalue weighted by Gasteiger charge is -2.45. The second-order valence-electron chi connectivity index (χ2n) is 10.00. The van der Waals surface area contributed by atoms with Gasteiger partial charge in [0.05, 0.1) is 11.9 Å². The first-order chi connectivity index (χ1) is 15.4. The van der Waals surface area contributed by atoms with E-state index in [4.69, 9.17) is 0 Å². The van der Waals surface area contributed by atoms with Crippen LogP contribution in [0.1, 0.15) is 57.6 Å². The molecule has 0 radical (unpaired) electrons. The maximum Gasteiger partial charge on any atom is 0.275 e. The van der Waals surface area contributed by atoms with Gasteiger partial charge in [0.25, 0.3) is 5.91 Å². The highest BCUT2D eigenvalue weighted by atomic mass is 19.1. The third-order valence-electron chi connectivity index (χ3n) is 6.30. The van der Waals surface area contributed by atoms with Crippen LogP contribution in [0.2, 0.25) is 0 Å². The zero-order chi connectivity index (χ0) is 24.1. The van der Waals surface area contributed by atoms with Crippen LogP contribution < -0.4 is 0 Å². The lowest BCUT2D eigenvalue weighted by Crippen LogP contribution is -2.64. The van der Waals surface area contributed by atoms with Gasteiger partial charge in [0.1, 0.15) is 17.1 Å². The van der Waals surface area contributed by atoms with Crippen LogP contribution in [0.4, 0.5) is 4.39 Å². The first kappa shape index (κ1) is 22.9. The molecule has 0 N–H and O–H groups in total. The number of carbonyl (C=O) groups is 2. The number of benzene rings is 1. The normalized spacial score (nSPS) is 16.5. The maximum absolute atomic E-state index is 13.5. The van der Waals surface area contributed by atoms with E-state index in [1.807, 2.05) is 13.0 Å². The van der Waals surface area contributed by atoms with Crippen molar-refractivity contribution in [3.8, 4) is 11.3 Å². The minimum Gasteiger partial charge on any atom is -0.339 e. The number of hydrogen-bond donors (Lipinski definition) is 0. The molecule has 1 aromatic carbocycles. The number of carbonyl (C=O) groups excluding carboxylic acids is 2. The van der Waals surface area contributed by atoms with Crippen LogP contribution in [0.3, 0.4) is 0 Å². The van der Waals surface area contributed by atoms with Crippen LogP contribution >= 0.6 is 0 Å². The lowest BCUT2D eigenvalue weighted by molar-refractivity contribution is -0.146. The summed E-state index contributed by atoms with van der Waals surface area (Å²) in [4.78, 5) is 34.4. The first-order valence-electron chi connectivity index (χ1n) is 11.2. The van der Waals surface area contributed by atoms with E-state index in [9.17, 15) is 14.0 Å². The summed E-state index contributed by atoms with van der Waals surface area (Å²) >= 11 is 0. The van der Waals surface area contributed by atoms with E-state index < -0.39 is 5.54 Å².